The Bertz CT molecular complexity index is 106. The standard InChI is InChI=1S/C6H7N.C/c1-2-4-6-7-5-3-1;/h1-7H;. The number of allylic oxidation sites excluding steroid dienone is 4. The van der Waals surface area contributed by atoms with Gasteiger partial charge in [0.25, 0.3) is 0 Å². The Kier molecular flexibility index (Phi) is 3.67. The molecule has 1 nitrogen and oxygen atoms in total. The van der Waals surface area contributed by atoms with Crippen LogP contribution in [0.1, 0.15) is 0 Å². The van der Waals surface area contributed by atoms with Crippen molar-refractivity contribution < 1.29 is 0 Å². The second kappa shape index (κ2) is 4.19. The van der Waals surface area contributed by atoms with Crippen LogP contribution in [0.4, 0.5) is 0 Å². The summed E-state index contributed by atoms with van der Waals surface area (Å²) in [6, 6.07) is 0. The van der Waals surface area contributed by atoms with Gasteiger partial charge in [-0.15, -0.1) is 0 Å². The van der Waals surface area contributed by atoms with Gasteiger partial charge in [-0.25, -0.2) is 0 Å². The maximum absolute atomic E-state index is 2.92. The number of rotatable bonds is 0. The molecule has 0 saturated carbocycles. The van der Waals surface area contributed by atoms with E-state index in [1.54, 1.807) is 0 Å². The Hall–Kier alpha value is -0.980. The molecule has 1 rings (SSSR count). The Morgan fingerprint density at radius 1 is 0.750 bits per heavy atom. The molecule has 0 bridgehead atoms. The predicted molar refractivity (Wildman–Crippen MR) is 33.8 cm³/mol. The van der Waals surface area contributed by atoms with E-state index in [1.807, 2.05) is 36.7 Å². The highest BCUT2D eigenvalue weighted by molar-refractivity contribution is 5.14. The van der Waals surface area contributed by atoms with Crippen LogP contribution in [0.2, 0.25) is 0 Å². The lowest BCUT2D eigenvalue weighted by Crippen LogP contribution is -1.87. The molecule has 0 aromatic rings. The third-order valence-electron chi connectivity index (χ3n) is 0.718. The zero-order valence-corrected chi connectivity index (χ0v) is 4.46. The van der Waals surface area contributed by atoms with Crippen LogP contribution in [-0.4, -0.2) is 0 Å². The number of nitrogens with one attached hydrogen (secondary N) is 1. The van der Waals surface area contributed by atoms with Gasteiger partial charge in [0.2, 0.25) is 0 Å². The molecule has 0 unspecified atom stereocenters. The molecular formula is C7H7N. The van der Waals surface area contributed by atoms with Gasteiger partial charge in [0, 0.05) is 19.8 Å². The molecule has 1 aliphatic rings. The van der Waals surface area contributed by atoms with E-state index < -0.39 is 0 Å². The summed E-state index contributed by atoms with van der Waals surface area (Å²) < 4.78 is 0. The highest BCUT2D eigenvalue weighted by Crippen LogP contribution is 1.81. The third kappa shape index (κ3) is 2.24. The van der Waals surface area contributed by atoms with Crippen LogP contribution in [0, 0.1) is 7.43 Å². The van der Waals surface area contributed by atoms with Gasteiger partial charge < -0.3 is 5.32 Å². The van der Waals surface area contributed by atoms with Gasteiger partial charge in [-0.2, -0.15) is 0 Å². The van der Waals surface area contributed by atoms with Gasteiger partial charge in [0.1, 0.15) is 0 Å². The Labute approximate surface area is 50.4 Å². The molecule has 1 heteroatoms. The summed E-state index contributed by atoms with van der Waals surface area (Å²) in [5.74, 6) is 0. The van der Waals surface area contributed by atoms with Crippen molar-refractivity contribution in [3.05, 3.63) is 44.1 Å². The Balaban J connectivity index is 0.000000490. The zero-order chi connectivity index (χ0) is 4.95. The molecule has 8 heavy (non-hydrogen) atoms. The van der Waals surface area contributed by atoms with E-state index in [0.717, 1.165) is 0 Å². The lowest BCUT2D eigenvalue weighted by molar-refractivity contribution is 1.20. The highest BCUT2D eigenvalue weighted by atomic mass is 14.8. The summed E-state index contributed by atoms with van der Waals surface area (Å²) in [6.45, 7) is 0. The fourth-order valence-electron chi connectivity index (χ4n) is 0.406. The molecule has 0 saturated heterocycles. The summed E-state index contributed by atoms with van der Waals surface area (Å²) in [6.07, 6.45) is 11.6. The highest BCUT2D eigenvalue weighted by Gasteiger charge is 1.67. The van der Waals surface area contributed by atoms with Crippen molar-refractivity contribution in [2.75, 3.05) is 0 Å². The molecule has 4 radical (unpaired) electrons. The lowest BCUT2D eigenvalue weighted by Gasteiger charge is -1.79. The predicted octanol–water partition coefficient (Wildman–Crippen LogP) is 1.25. The van der Waals surface area contributed by atoms with Crippen molar-refractivity contribution in [2.24, 2.45) is 0 Å². The number of hydrogen-bond acceptors (Lipinski definition) is 1. The first-order valence-electron chi connectivity index (χ1n) is 2.24. The quantitative estimate of drug-likeness (QED) is 0.489. The van der Waals surface area contributed by atoms with Gasteiger partial charge in [0.05, 0.1) is 0 Å². The first kappa shape index (κ1) is 7.02. The minimum atomic E-state index is 0. The van der Waals surface area contributed by atoms with Crippen molar-refractivity contribution >= 4 is 0 Å². The summed E-state index contributed by atoms with van der Waals surface area (Å²) in [5, 5.41) is 2.92. The van der Waals surface area contributed by atoms with Crippen LogP contribution in [0.25, 0.3) is 0 Å². The van der Waals surface area contributed by atoms with E-state index in [-0.39, 0.29) is 7.43 Å². The molecule has 0 aromatic carbocycles. The Morgan fingerprint density at radius 2 is 1.25 bits per heavy atom. The second-order valence-electron chi connectivity index (χ2n) is 1.27. The molecule has 40 valence electrons. The smallest absolute Gasteiger partial charge is 0.000442 e. The van der Waals surface area contributed by atoms with Crippen molar-refractivity contribution in [3.63, 3.8) is 0 Å². The van der Waals surface area contributed by atoms with Gasteiger partial charge in [-0.1, -0.05) is 12.2 Å². The second-order valence-corrected chi connectivity index (χ2v) is 1.27. The largest absolute Gasteiger partial charge is 0.368 e. The van der Waals surface area contributed by atoms with E-state index in [2.05, 4.69) is 5.32 Å². The van der Waals surface area contributed by atoms with E-state index in [1.165, 1.54) is 0 Å². The van der Waals surface area contributed by atoms with Crippen LogP contribution >= 0.6 is 0 Å². The summed E-state index contributed by atoms with van der Waals surface area (Å²) in [5.41, 5.74) is 0. The molecule has 0 fully saturated rings. The van der Waals surface area contributed by atoms with Gasteiger partial charge in [0.15, 0.2) is 0 Å². The molecular weight excluding hydrogens is 98.1 g/mol. The average Bonchev–Trinajstić information content (AvgIpc) is 1.90. The van der Waals surface area contributed by atoms with Crippen molar-refractivity contribution in [1.29, 1.82) is 0 Å². The summed E-state index contributed by atoms with van der Waals surface area (Å²) in [7, 11) is 0. The topological polar surface area (TPSA) is 12.0 Å². The summed E-state index contributed by atoms with van der Waals surface area (Å²) in [4.78, 5) is 0. The van der Waals surface area contributed by atoms with Crippen LogP contribution in [0.15, 0.2) is 36.7 Å². The van der Waals surface area contributed by atoms with E-state index in [0.29, 0.717) is 0 Å². The molecule has 1 heterocycles. The van der Waals surface area contributed by atoms with Crippen LogP contribution < -0.4 is 5.32 Å². The molecule has 0 spiro atoms. The maximum Gasteiger partial charge on any atom is 0.000442 e. The molecule has 0 atom stereocenters. The normalized spacial score (nSPS) is 14.0. The fraction of sp³-hybridized carbons (Fsp3) is 0. The van der Waals surface area contributed by atoms with Gasteiger partial charge in [-0.05, 0) is 12.2 Å². The maximum atomic E-state index is 2.92. The van der Waals surface area contributed by atoms with Crippen LogP contribution in [0.3, 0.4) is 0 Å². The lowest BCUT2D eigenvalue weighted by atomic mass is 10.5. The number of hydrogen-bond donors (Lipinski definition) is 1. The first-order chi connectivity index (χ1) is 3.50. The molecule has 0 aliphatic carbocycles. The van der Waals surface area contributed by atoms with Gasteiger partial charge >= 0.3 is 0 Å². The fourth-order valence-corrected chi connectivity index (χ4v) is 0.406. The van der Waals surface area contributed by atoms with E-state index >= 15 is 0 Å². The van der Waals surface area contributed by atoms with Crippen LogP contribution in [-0.2, 0) is 0 Å². The van der Waals surface area contributed by atoms with Crippen LogP contribution in [0.5, 0.6) is 0 Å². The third-order valence-corrected chi connectivity index (χ3v) is 0.718. The summed E-state index contributed by atoms with van der Waals surface area (Å²) >= 11 is 0. The minimum absolute atomic E-state index is 0. The van der Waals surface area contributed by atoms with Gasteiger partial charge in [-0.3, -0.25) is 0 Å². The SMILES string of the molecule is C1=CC=CNC=C1.[C]. The molecule has 1 N–H and O–H groups in total. The minimum Gasteiger partial charge on any atom is -0.368 e. The van der Waals surface area contributed by atoms with Crippen molar-refractivity contribution in [3.8, 4) is 0 Å². The van der Waals surface area contributed by atoms with E-state index in [4.69, 9.17) is 0 Å². The average molecular weight is 105 g/mol. The monoisotopic (exact) mass is 105 g/mol. The zero-order valence-electron chi connectivity index (χ0n) is 4.46. The molecule has 0 amide bonds. The molecule has 1 aliphatic heterocycles. The first-order valence-corrected chi connectivity index (χ1v) is 2.24. The van der Waals surface area contributed by atoms with Crippen molar-refractivity contribution in [2.45, 2.75) is 0 Å². The molecule has 0 aromatic heterocycles. The van der Waals surface area contributed by atoms with Crippen molar-refractivity contribution in [1.82, 2.24) is 5.32 Å². The van der Waals surface area contributed by atoms with E-state index in [9.17, 15) is 0 Å². The Morgan fingerprint density at radius 3 is 1.75 bits per heavy atom.